The van der Waals surface area contributed by atoms with Crippen molar-refractivity contribution >= 4 is 29.0 Å². The van der Waals surface area contributed by atoms with Gasteiger partial charge in [0.25, 0.3) is 11.6 Å². The Bertz CT molecular complexity index is 1060. The standard InChI is InChI=1S/C20H20N4O5/c1-11(2)21-20(27)23-16(25)10-28-19(26)14-9-15(13-7-5-4-6-8-13)22-18-17(14)12(3)24-29-18/h4-9,11H,10H2,1-3H3,(H2,21,23,25,27). The van der Waals surface area contributed by atoms with Gasteiger partial charge >= 0.3 is 12.0 Å². The SMILES string of the molecule is Cc1noc2nc(-c3ccccc3)cc(C(=O)OCC(=O)NC(=O)NC(C)C)c12. The largest absolute Gasteiger partial charge is 0.452 e. The Labute approximate surface area is 166 Å². The van der Waals surface area contributed by atoms with E-state index in [-0.39, 0.29) is 17.3 Å². The van der Waals surface area contributed by atoms with Crippen LogP contribution in [0.15, 0.2) is 40.9 Å². The smallest absolute Gasteiger partial charge is 0.339 e. The van der Waals surface area contributed by atoms with Crippen LogP contribution in [0.2, 0.25) is 0 Å². The van der Waals surface area contributed by atoms with Crippen LogP contribution in [0.1, 0.15) is 29.9 Å². The lowest BCUT2D eigenvalue weighted by molar-refractivity contribution is -0.123. The third kappa shape index (κ3) is 4.75. The molecule has 2 heterocycles. The van der Waals surface area contributed by atoms with Gasteiger partial charge in [-0.05, 0) is 26.8 Å². The average Bonchev–Trinajstić information content (AvgIpc) is 3.06. The minimum Gasteiger partial charge on any atom is -0.452 e. The number of esters is 1. The molecular formula is C20H20N4O5. The van der Waals surface area contributed by atoms with Gasteiger partial charge < -0.3 is 14.6 Å². The molecule has 9 nitrogen and oxygen atoms in total. The number of hydrogen-bond acceptors (Lipinski definition) is 7. The van der Waals surface area contributed by atoms with Gasteiger partial charge in [0.15, 0.2) is 6.61 Å². The normalized spacial score (nSPS) is 10.8. The number of benzene rings is 1. The molecule has 0 unspecified atom stereocenters. The number of pyridine rings is 1. The minimum absolute atomic E-state index is 0.136. The third-order valence-corrected chi connectivity index (χ3v) is 3.91. The fourth-order valence-electron chi connectivity index (χ4n) is 2.68. The van der Waals surface area contributed by atoms with Gasteiger partial charge in [0.1, 0.15) is 0 Å². The molecule has 0 saturated heterocycles. The first kappa shape index (κ1) is 20.0. The van der Waals surface area contributed by atoms with Crippen LogP contribution in [-0.2, 0) is 9.53 Å². The molecular weight excluding hydrogens is 376 g/mol. The highest BCUT2D eigenvalue weighted by molar-refractivity contribution is 6.05. The highest BCUT2D eigenvalue weighted by atomic mass is 16.5. The Morgan fingerprint density at radius 1 is 1.17 bits per heavy atom. The maximum Gasteiger partial charge on any atom is 0.339 e. The number of nitrogens with one attached hydrogen (secondary N) is 2. The molecule has 2 N–H and O–H groups in total. The number of carbonyl (C=O) groups is 3. The Morgan fingerprint density at radius 3 is 2.59 bits per heavy atom. The lowest BCUT2D eigenvalue weighted by Crippen LogP contribution is -2.44. The van der Waals surface area contributed by atoms with Crippen molar-refractivity contribution in [1.82, 2.24) is 20.8 Å². The highest BCUT2D eigenvalue weighted by Crippen LogP contribution is 2.27. The van der Waals surface area contributed by atoms with Gasteiger partial charge in [-0.2, -0.15) is 0 Å². The Balaban J connectivity index is 1.81. The summed E-state index contributed by atoms with van der Waals surface area (Å²) in [6, 6.07) is 10.0. The molecule has 1 aromatic carbocycles. The number of imide groups is 1. The van der Waals surface area contributed by atoms with Crippen LogP contribution in [0.25, 0.3) is 22.4 Å². The molecule has 0 radical (unpaired) electrons. The van der Waals surface area contributed by atoms with Crippen LogP contribution in [0.3, 0.4) is 0 Å². The number of amides is 3. The summed E-state index contributed by atoms with van der Waals surface area (Å²) in [6.07, 6.45) is 0. The maximum atomic E-state index is 12.7. The van der Waals surface area contributed by atoms with E-state index in [2.05, 4.69) is 20.8 Å². The molecule has 9 heteroatoms. The van der Waals surface area contributed by atoms with Crippen molar-refractivity contribution in [2.45, 2.75) is 26.8 Å². The van der Waals surface area contributed by atoms with E-state index in [1.807, 2.05) is 30.3 Å². The molecule has 3 rings (SSSR count). The predicted octanol–water partition coefficient (Wildman–Crippen LogP) is 2.59. The first-order valence-electron chi connectivity index (χ1n) is 8.95. The summed E-state index contributed by atoms with van der Waals surface area (Å²) in [5, 5.41) is 8.86. The van der Waals surface area contributed by atoms with Gasteiger partial charge in [0, 0.05) is 11.6 Å². The van der Waals surface area contributed by atoms with Crippen LogP contribution < -0.4 is 10.6 Å². The number of nitrogens with zero attached hydrogens (tertiary/aromatic N) is 2. The van der Waals surface area contributed by atoms with Gasteiger partial charge in [0.05, 0.1) is 22.3 Å². The van der Waals surface area contributed by atoms with Crippen molar-refractivity contribution in [3.05, 3.63) is 47.7 Å². The van der Waals surface area contributed by atoms with E-state index in [9.17, 15) is 14.4 Å². The van der Waals surface area contributed by atoms with E-state index in [0.29, 0.717) is 16.8 Å². The first-order chi connectivity index (χ1) is 13.8. The number of aromatic nitrogens is 2. The van der Waals surface area contributed by atoms with Crippen LogP contribution in [0.4, 0.5) is 4.79 Å². The van der Waals surface area contributed by atoms with Gasteiger partial charge in [0.2, 0.25) is 0 Å². The van der Waals surface area contributed by atoms with Crippen LogP contribution in [0, 0.1) is 6.92 Å². The number of hydrogen-bond donors (Lipinski definition) is 2. The second-order valence-corrected chi connectivity index (χ2v) is 6.62. The summed E-state index contributed by atoms with van der Waals surface area (Å²) >= 11 is 0. The molecule has 29 heavy (non-hydrogen) atoms. The number of ether oxygens (including phenoxy) is 1. The molecule has 3 amide bonds. The van der Waals surface area contributed by atoms with Gasteiger partial charge in [-0.3, -0.25) is 10.1 Å². The van der Waals surface area contributed by atoms with Crippen LogP contribution >= 0.6 is 0 Å². The van der Waals surface area contributed by atoms with Crippen molar-refractivity contribution in [3.8, 4) is 11.3 Å². The number of carbonyl (C=O) groups excluding carboxylic acids is 3. The van der Waals surface area contributed by atoms with Crippen molar-refractivity contribution in [1.29, 1.82) is 0 Å². The number of aryl methyl sites for hydroxylation is 1. The predicted molar refractivity (Wildman–Crippen MR) is 104 cm³/mol. The van der Waals surface area contributed by atoms with Crippen molar-refractivity contribution in [2.24, 2.45) is 0 Å². The molecule has 2 aromatic heterocycles. The van der Waals surface area contributed by atoms with Gasteiger partial charge in [-0.15, -0.1) is 0 Å². The molecule has 150 valence electrons. The van der Waals surface area contributed by atoms with E-state index in [0.717, 1.165) is 5.56 Å². The molecule has 0 saturated carbocycles. The summed E-state index contributed by atoms with van der Waals surface area (Å²) in [7, 11) is 0. The van der Waals surface area contributed by atoms with Crippen molar-refractivity contribution in [2.75, 3.05) is 6.61 Å². The van der Waals surface area contributed by atoms with Crippen LogP contribution in [0.5, 0.6) is 0 Å². The molecule has 0 fully saturated rings. The molecule has 0 aliphatic carbocycles. The number of rotatable bonds is 5. The highest BCUT2D eigenvalue weighted by Gasteiger charge is 2.21. The fourth-order valence-corrected chi connectivity index (χ4v) is 2.68. The molecule has 0 aliphatic heterocycles. The zero-order valence-corrected chi connectivity index (χ0v) is 16.2. The molecule has 0 atom stereocenters. The summed E-state index contributed by atoms with van der Waals surface area (Å²) in [5.41, 5.74) is 2.12. The van der Waals surface area contributed by atoms with E-state index < -0.39 is 24.5 Å². The summed E-state index contributed by atoms with van der Waals surface area (Å²) in [4.78, 5) is 40.5. The monoisotopic (exact) mass is 396 g/mol. The average molecular weight is 396 g/mol. The zero-order chi connectivity index (χ0) is 21.0. The molecule has 0 spiro atoms. The minimum atomic E-state index is -0.750. The zero-order valence-electron chi connectivity index (χ0n) is 16.2. The fraction of sp³-hybridized carbons (Fsp3) is 0.250. The second kappa shape index (κ2) is 8.51. The Kier molecular flexibility index (Phi) is 5.87. The van der Waals surface area contributed by atoms with Crippen LogP contribution in [-0.4, -0.2) is 40.7 Å². The van der Waals surface area contributed by atoms with E-state index in [4.69, 9.17) is 9.26 Å². The Morgan fingerprint density at radius 2 is 1.90 bits per heavy atom. The molecule has 3 aromatic rings. The first-order valence-corrected chi connectivity index (χ1v) is 8.95. The van der Waals surface area contributed by atoms with Gasteiger partial charge in [-0.1, -0.05) is 35.5 Å². The van der Waals surface area contributed by atoms with E-state index >= 15 is 0 Å². The number of fused-ring (bicyclic) bond motifs is 1. The van der Waals surface area contributed by atoms with Gasteiger partial charge in [-0.25, -0.2) is 14.6 Å². The molecule has 0 aliphatic rings. The van der Waals surface area contributed by atoms with Crippen molar-refractivity contribution < 1.29 is 23.6 Å². The van der Waals surface area contributed by atoms with E-state index in [1.165, 1.54) is 0 Å². The summed E-state index contributed by atoms with van der Waals surface area (Å²) in [5.74, 6) is -1.49. The summed E-state index contributed by atoms with van der Waals surface area (Å²) < 4.78 is 10.3. The lowest BCUT2D eigenvalue weighted by atomic mass is 10.1. The third-order valence-electron chi connectivity index (χ3n) is 3.91. The maximum absolute atomic E-state index is 12.7. The summed E-state index contributed by atoms with van der Waals surface area (Å²) in [6.45, 7) is 4.57. The molecule has 0 bridgehead atoms. The quantitative estimate of drug-likeness (QED) is 0.635. The number of urea groups is 1. The van der Waals surface area contributed by atoms with E-state index in [1.54, 1.807) is 26.8 Å². The van der Waals surface area contributed by atoms with Crippen molar-refractivity contribution in [3.63, 3.8) is 0 Å². The lowest BCUT2D eigenvalue weighted by Gasteiger charge is -2.10. The Hall–Kier alpha value is -3.75. The second-order valence-electron chi connectivity index (χ2n) is 6.62. The topological polar surface area (TPSA) is 123 Å².